The number of halogens is 1. The Kier molecular flexibility index (Phi) is 5.45. The Morgan fingerprint density at radius 2 is 1.82 bits per heavy atom. The molecular weight excluding hydrogens is 279 g/mol. The van der Waals surface area contributed by atoms with Crippen LogP contribution >= 0.6 is 0 Å². The van der Waals surface area contributed by atoms with Gasteiger partial charge in [0.2, 0.25) is 0 Å². The molecule has 0 amide bonds. The zero-order valence-corrected chi connectivity index (χ0v) is 13.5. The number of rotatable bonds is 4. The van der Waals surface area contributed by atoms with Crippen molar-refractivity contribution >= 4 is 0 Å². The molecule has 2 atom stereocenters. The van der Waals surface area contributed by atoms with Crippen molar-refractivity contribution in [3.8, 4) is 0 Å². The van der Waals surface area contributed by atoms with Crippen LogP contribution in [0.4, 0.5) is 4.39 Å². The molecule has 0 radical (unpaired) electrons. The first kappa shape index (κ1) is 15.9. The van der Waals surface area contributed by atoms with Crippen LogP contribution in [0.3, 0.4) is 0 Å². The quantitative estimate of drug-likeness (QED) is 0.851. The largest absolute Gasteiger partial charge is 0.380 e. The van der Waals surface area contributed by atoms with E-state index in [2.05, 4.69) is 9.80 Å². The Labute approximate surface area is 133 Å². The molecule has 1 saturated carbocycles. The van der Waals surface area contributed by atoms with Crippen LogP contribution in [0.5, 0.6) is 0 Å². The van der Waals surface area contributed by atoms with E-state index in [9.17, 15) is 4.39 Å². The standard InChI is InChI=1S/C18H27FN2O/c1-22-18-9-5-4-8-17(18)21-12-10-20(11-13-21)14-15-6-2-3-7-16(15)19/h2-3,6-7,17-18H,4-5,8-14H2,1H3. The number of methoxy groups -OCH3 is 1. The summed E-state index contributed by atoms with van der Waals surface area (Å²) in [5.74, 6) is -0.0864. The molecule has 2 fully saturated rings. The Morgan fingerprint density at radius 3 is 2.55 bits per heavy atom. The van der Waals surface area contributed by atoms with Gasteiger partial charge in [0.1, 0.15) is 5.82 Å². The van der Waals surface area contributed by atoms with E-state index in [4.69, 9.17) is 4.74 Å². The minimum Gasteiger partial charge on any atom is -0.380 e. The van der Waals surface area contributed by atoms with E-state index in [0.29, 0.717) is 12.1 Å². The fourth-order valence-corrected chi connectivity index (χ4v) is 3.89. The average molecular weight is 306 g/mol. The first-order chi connectivity index (χ1) is 10.8. The summed E-state index contributed by atoms with van der Waals surface area (Å²) >= 11 is 0. The summed E-state index contributed by atoms with van der Waals surface area (Å²) in [6.45, 7) is 4.89. The summed E-state index contributed by atoms with van der Waals surface area (Å²) in [6.07, 6.45) is 5.46. The first-order valence-electron chi connectivity index (χ1n) is 8.50. The van der Waals surface area contributed by atoms with Gasteiger partial charge in [0, 0.05) is 51.4 Å². The van der Waals surface area contributed by atoms with Crippen LogP contribution in [0.25, 0.3) is 0 Å². The van der Waals surface area contributed by atoms with Crippen molar-refractivity contribution in [2.24, 2.45) is 0 Å². The molecule has 1 saturated heterocycles. The maximum Gasteiger partial charge on any atom is 0.127 e. The number of benzene rings is 1. The van der Waals surface area contributed by atoms with Crippen LogP contribution in [-0.4, -0.2) is 55.2 Å². The van der Waals surface area contributed by atoms with E-state index in [1.807, 2.05) is 19.2 Å². The van der Waals surface area contributed by atoms with Crippen LogP contribution in [-0.2, 0) is 11.3 Å². The van der Waals surface area contributed by atoms with Gasteiger partial charge in [0.25, 0.3) is 0 Å². The monoisotopic (exact) mass is 306 g/mol. The summed E-state index contributed by atoms with van der Waals surface area (Å²) < 4.78 is 19.4. The number of hydrogen-bond donors (Lipinski definition) is 0. The van der Waals surface area contributed by atoms with Gasteiger partial charge in [-0.05, 0) is 18.9 Å². The molecule has 3 rings (SSSR count). The second kappa shape index (κ2) is 7.53. The minimum atomic E-state index is -0.0864. The average Bonchev–Trinajstić information content (AvgIpc) is 2.58. The third kappa shape index (κ3) is 3.67. The van der Waals surface area contributed by atoms with E-state index in [1.54, 1.807) is 12.1 Å². The second-order valence-electron chi connectivity index (χ2n) is 6.53. The molecule has 4 heteroatoms. The van der Waals surface area contributed by atoms with Gasteiger partial charge in [-0.15, -0.1) is 0 Å². The summed E-state index contributed by atoms with van der Waals surface area (Å²) in [6, 6.07) is 7.69. The zero-order valence-electron chi connectivity index (χ0n) is 13.5. The molecule has 0 aromatic heterocycles. The summed E-state index contributed by atoms with van der Waals surface area (Å²) in [5, 5.41) is 0. The lowest BCUT2D eigenvalue weighted by molar-refractivity contribution is -0.0279. The van der Waals surface area contributed by atoms with E-state index in [-0.39, 0.29) is 5.82 Å². The fraction of sp³-hybridized carbons (Fsp3) is 0.667. The molecule has 1 aliphatic carbocycles. The molecule has 0 bridgehead atoms. The number of piperazine rings is 1. The molecule has 0 N–H and O–H groups in total. The van der Waals surface area contributed by atoms with Gasteiger partial charge in [-0.1, -0.05) is 31.0 Å². The van der Waals surface area contributed by atoms with E-state index in [1.165, 1.54) is 25.7 Å². The van der Waals surface area contributed by atoms with E-state index < -0.39 is 0 Å². The SMILES string of the molecule is COC1CCCCC1N1CCN(Cc2ccccc2F)CC1. The van der Waals surface area contributed by atoms with Gasteiger partial charge in [0.05, 0.1) is 6.10 Å². The molecule has 1 aliphatic heterocycles. The van der Waals surface area contributed by atoms with Crippen molar-refractivity contribution in [1.29, 1.82) is 0 Å². The molecule has 1 aromatic carbocycles. The van der Waals surface area contributed by atoms with Crippen molar-refractivity contribution in [3.63, 3.8) is 0 Å². The van der Waals surface area contributed by atoms with Crippen molar-refractivity contribution in [2.45, 2.75) is 44.4 Å². The number of nitrogens with zero attached hydrogens (tertiary/aromatic N) is 2. The van der Waals surface area contributed by atoms with Crippen molar-refractivity contribution < 1.29 is 9.13 Å². The number of hydrogen-bond acceptors (Lipinski definition) is 3. The van der Waals surface area contributed by atoms with Crippen LogP contribution < -0.4 is 0 Å². The highest BCUT2D eigenvalue weighted by molar-refractivity contribution is 5.17. The van der Waals surface area contributed by atoms with Crippen LogP contribution in [0.2, 0.25) is 0 Å². The van der Waals surface area contributed by atoms with Gasteiger partial charge < -0.3 is 4.74 Å². The zero-order chi connectivity index (χ0) is 15.4. The smallest absolute Gasteiger partial charge is 0.127 e. The Hall–Kier alpha value is -0.970. The van der Waals surface area contributed by atoms with Crippen LogP contribution in [0.1, 0.15) is 31.2 Å². The summed E-state index contributed by atoms with van der Waals surface area (Å²) in [5.41, 5.74) is 0.809. The summed E-state index contributed by atoms with van der Waals surface area (Å²) in [7, 11) is 1.84. The van der Waals surface area contributed by atoms with Crippen molar-refractivity contribution in [1.82, 2.24) is 9.80 Å². The van der Waals surface area contributed by atoms with Crippen LogP contribution in [0.15, 0.2) is 24.3 Å². The van der Waals surface area contributed by atoms with Crippen molar-refractivity contribution in [3.05, 3.63) is 35.6 Å². The Morgan fingerprint density at radius 1 is 1.09 bits per heavy atom. The summed E-state index contributed by atoms with van der Waals surface area (Å²) in [4.78, 5) is 4.95. The molecule has 122 valence electrons. The lowest BCUT2D eigenvalue weighted by Crippen LogP contribution is -2.54. The van der Waals surface area contributed by atoms with E-state index in [0.717, 1.165) is 38.3 Å². The molecule has 3 nitrogen and oxygen atoms in total. The molecule has 0 spiro atoms. The van der Waals surface area contributed by atoms with Crippen LogP contribution in [0, 0.1) is 5.82 Å². The molecule has 22 heavy (non-hydrogen) atoms. The first-order valence-corrected chi connectivity index (χ1v) is 8.50. The van der Waals surface area contributed by atoms with Gasteiger partial charge in [-0.25, -0.2) is 4.39 Å². The molecule has 1 heterocycles. The minimum absolute atomic E-state index is 0.0864. The van der Waals surface area contributed by atoms with Gasteiger partial charge in [0.15, 0.2) is 0 Å². The predicted octanol–water partition coefficient (Wildman–Crippen LogP) is 2.90. The Balaban J connectivity index is 1.53. The van der Waals surface area contributed by atoms with E-state index >= 15 is 0 Å². The lowest BCUT2D eigenvalue weighted by atomic mass is 9.90. The fourth-order valence-electron chi connectivity index (χ4n) is 3.89. The molecule has 1 aromatic rings. The number of ether oxygens (including phenoxy) is 1. The Bertz CT molecular complexity index is 474. The third-order valence-corrected chi connectivity index (χ3v) is 5.20. The normalized spacial score (nSPS) is 27.9. The van der Waals surface area contributed by atoms with Gasteiger partial charge in [-0.3, -0.25) is 9.80 Å². The highest BCUT2D eigenvalue weighted by Crippen LogP contribution is 2.26. The topological polar surface area (TPSA) is 15.7 Å². The maximum atomic E-state index is 13.8. The predicted molar refractivity (Wildman–Crippen MR) is 86.3 cm³/mol. The maximum absolute atomic E-state index is 13.8. The lowest BCUT2D eigenvalue weighted by Gasteiger charge is -2.43. The molecule has 2 unspecified atom stereocenters. The highest BCUT2D eigenvalue weighted by atomic mass is 19.1. The van der Waals surface area contributed by atoms with Crippen molar-refractivity contribution in [2.75, 3.05) is 33.3 Å². The van der Waals surface area contributed by atoms with Gasteiger partial charge >= 0.3 is 0 Å². The molecular formula is C18H27FN2O. The third-order valence-electron chi connectivity index (χ3n) is 5.20. The van der Waals surface area contributed by atoms with Gasteiger partial charge in [-0.2, -0.15) is 0 Å². The highest BCUT2D eigenvalue weighted by Gasteiger charge is 2.32. The molecule has 2 aliphatic rings. The second-order valence-corrected chi connectivity index (χ2v) is 6.53.